The first kappa shape index (κ1) is 18.0. The molecule has 1 aromatic carbocycles. The first-order chi connectivity index (χ1) is 13.2. The molecule has 2 bridgehead atoms. The summed E-state index contributed by atoms with van der Waals surface area (Å²) in [6, 6.07) is 15.8. The number of pyridine rings is 1. The van der Waals surface area contributed by atoms with Gasteiger partial charge in [-0.3, -0.25) is 14.6 Å². The highest BCUT2D eigenvalue weighted by Gasteiger charge is 2.41. The molecular formula is C21H23N3O2S. The molecule has 27 heavy (non-hydrogen) atoms. The second kappa shape index (κ2) is 8.13. The third kappa shape index (κ3) is 4.16. The molecule has 6 heteroatoms. The van der Waals surface area contributed by atoms with Gasteiger partial charge >= 0.3 is 0 Å². The maximum atomic E-state index is 12.9. The minimum absolute atomic E-state index is 0.0851. The van der Waals surface area contributed by atoms with Gasteiger partial charge in [-0.15, -0.1) is 11.8 Å². The molecule has 5 nitrogen and oxygen atoms in total. The van der Waals surface area contributed by atoms with Gasteiger partial charge in [0, 0.05) is 30.2 Å². The van der Waals surface area contributed by atoms with E-state index in [4.69, 9.17) is 0 Å². The fourth-order valence-electron chi connectivity index (χ4n) is 3.87. The fraction of sp³-hybridized carbons (Fsp3) is 0.381. The zero-order chi connectivity index (χ0) is 18.6. The van der Waals surface area contributed by atoms with E-state index in [1.807, 2.05) is 58.3 Å². The number of nitrogens with zero attached hydrogens (tertiary/aromatic N) is 3. The van der Waals surface area contributed by atoms with Crippen LogP contribution in [0.4, 0.5) is 0 Å². The predicted molar refractivity (Wildman–Crippen MR) is 105 cm³/mol. The highest BCUT2D eigenvalue weighted by molar-refractivity contribution is 8.00. The molecule has 2 amide bonds. The van der Waals surface area contributed by atoms with Gasteiger partial charge in [-0.2, -0.15) is 0 Å². The summed E-state index contributed by atoms with van der Waals surface area (Å²) in [5.41, 5.74) is 0.899. The number of thioether (sulfide) groups is 1. The molecule has 0 spiro atoms. The van der Waals surface area contributed by atoms with E-state index in [9.17, 15) is 9.59 Å². The van der Waals surface area contributed by atoms with Gasteiger partial charge in [0.1, 0.15) is 0 Å². The zero-order valence-corrected chi connectivity index (χ0v) is 16.0. The Morgan fingerprint density at radius 1 is 1.07 bits per heavy atom. The molecule has 1 aromatic heterocycles. The summed E-state index contributed by atoms with van der Waals surface area (Å²) in [5.74, 6) is 0.618. The van der Waals surface area contributed by atoms with Gasteiger partial charge in [0.25, 0.3) is 0 Å². The van der Waals surface area contributed by atoms with Crippen LogP contribution in [0.25, 0.3) is 0 Å². The van der Waals surface area contributed by atoms with E-state index >= 15 is 0 Å². The lowest BCUT2D eigenvalue weighted by atomic mass is 9.94. The van der Waals surface area contributed by atoms with Crippen molar-refractivity contribution in [1.29, 1.82) is 0 Å². The summed E-state index contributed by atoms with van der Waals surface area (Å²) in [5, 5.41) is 0. The van der Waals surface area contributed by atoms with Gasteiger partial charge in [0.15, 0.2) is 0 Å². The highest BCUT2D eigenvalue weighted by atomic mass is 32.2. The first-order valence-corrected chi connectivity index (χ1v) is 10.4. The van der Waals surface area contributed by atoms with Gasteiger partial charge < -0.3 is 9.80 Å². The maximum Gasteiger partial charge on any atom is 0.233 e. The Balaban J connectivity index is 1.42. The third-order valence-electron chi connectivity index (χ3n) is 5.31. The molecule has 3 aliphatic heterocycles. The second-order valence-electron chi connectivity index (χ2n) is 7.12. The van der Waals surface area contributed by atoms with Crippen LogP contribution in [0.15, 0.2) is 59.6 Å². The van der Waals surface area contributed by atoms with Crippen molar-refractivity contribution in [2.24, 2.45) is 5.92 Å². The normalized spacial score (nSPS) is 22.0. The lowest BCUT2D eigenvalue weighted by molar-refractivity contribution is -0.140. The lowest BCUT2D eigenvalue weighted by Gasteiger charge is -2.35. The zero-order valence-electron chi connectivity index (χ0n) is 15.2. The van der Waals surface area contributed by atoms with E-state index in [0.717, 1.165) is 23.4 Å². The number of piperidine rings is 1. The number of rotatable bonds is 5. The number of hydrogen-bond donors (Lipinski definition) is 0. The summed E-state index contributed by atoms with van der Waals surface area (Å²) >= 11 is 1.56. The van der Waals surface area contributed by atoms with Crippen molar-refractivity contribution >= 4 is 23.6 Å². The van der Waals surface area contributed by atoms with Crippen molar-refractivity contribution in [2.45, 2.75) is 30.3 Å². The van der Waals surface area contributed by atoms with Crippen molar-refractivity contribution < 1.29 is 9.59 Å². The minimum atomic E-state index is -0.0851. The molecule has 0 radical (unpaired) electrons. The Bertz CT molecular complexity index is 800. The highest BCUT2D eigenvalue weighted by Crippen LogP contribution is 2.31. The molecule has 0 aliphatic carbocycles. The summed E-state index contributed by atoms with van der Waals surface area (Å²) in [6.07, 6.45) is 3.59. The van der Waals surface area contributed by atoms with E-state index < -0.39 is 0 Å². The molecule has 5 rings (SSSR count). The number of benzene rings is 1. The molecule has 3 fully saturated rings. The van der Waals surface area contributed by atoms with Crippen LogP contribution in [0.2, 0.25) is 0 Å². The SMILES string of the molecule is O=C(CSc1ccccc1)N1C[C@@H]2CC[C@H](C1)N(Cc1ccccn1)C2=O. The largest absolute Gasteiger partial charge is 0.339 e. The van der Waals surface area contributed by atoms with E-state index in [0.29, 0.717) is 25.4 Å². The molecule has 0 N–H and O–H groups in total. The molecule has 3 aliphatic rings. The van der Waals surface area contributed by atoms with E-state index in [2.05, 4.69) is 4.98 Å². The van der Waals surface area contributed by atoms with Gasteiger partial charge in [-0.25, -0.2) is 0 Å². The van der Waals surface area contributed by atoms with Crippen molar-refractivity contribution in [3.8, 4) is 0 Å². The number of aromatic nitrogens is 1. The third-order valence-corrected chi connectivity index (χ3v) is 6.31. The monoisotopic (exact) mass is 381 g/mol. The Kier molecular flexibility index (Phi) is 5.43. The molecule has 2 aromatic rings. The summed E-state index contributed by atoms with van der Waals surface area (Å²) in [6.45, 7) is 1.70. The van der Waals surface area contributed by atoms with E-state index in [1.165, 1.54) is 0 Å². The smallest absolute Gasteiger partial charge is 0.233 e. The molecule has 140 valence electrons. The van der Waals surface area contributed by atoms with Crippen LogP contribution >= 0.6 is 11.8 Å². The average molecular weight is 382 g/mol. The van der Waals surface area contributed by atoms with Gasteiger partial charge in [0.2, 0.25) is 11.8 Å². The number of carbonyl (C=O) groups excluding carboxylic acids is 2. The van der Waals surface area contributed by atoms with Crippen LogP contribution in [0.5, 0.6) is 0 Å². The van der Waals surface area contributed by atoms with Gasteiger partial charge in [-0.1, -0.05) is 24.3 Å². The standard InChI is InChI=1S/C21H23N3O2S/c25-20(15-27-19-7-2-1-3-8-19)23-12-16-9-10-18(14-23)24(21(16)26)13-17-6-4-5-11-22-17/h1-8,11,16,18H,9-10,12-15H2/t16-,18+/m0/s1. The quantitative estimate of drug-likeness (QED) is 0.748. The number of carbonyl (C=O) groups is 2. The summed E-state index contributed by atoms with van der Waals surface area (Å²) < 4.78 is 0. The molecule has 0 unspecified atom stereocenters. The Morgan fingerprint density at radius 3 is 2.67 bits per heavy atom. The van der Waals surface area contributed by atoms with Gasteiger partial charge in [0.05, 0.1) is 23.9 Å². The van der Waals surface area contributed by atoms with Crippen LogP contribution in [0, 0.1) is 5.92 Å². The van der Waals surface area contributed by atoms with Crippen LogP contribution in [0.3, 0.4) is 0 Å². The summed E-state index contributed by atoms with van der Waals surface area (Å²) in [4.78, 5) is 35.0. The van der Waals surface area contributed by atoms with Crippen molar-refractivity contribution in [3.63, 3.8) is 0 Å². The molecule has 4 heterocycles. The van der Waals surface area contributed by atoms with Crippen LogP contribution < -0.4 is 0 Å². The van der Waals surface area contributed by atoms with E-state index in [1.54, 1.807) is 18.0 Å². The molecule has 2 atom stereocenters. The first-order valence-electron chi connectivity index (χ1n) is 9.37. The lowest BCUT2D eigenvalue weighted by Crippen LogP contribution is -2.47. The number of hydrogen-bond acceptors (Lipinski definition) is 4. The van der Waals surface area contributed by atoms with Crippen LogP contribution in [0.1, 0.15) is 18.5 Å². The van der Waals surface area contributed by atoms with Crippen LogP contribution in [-0.2, 0) is 16.1 Å². The molecule has 0 saturated carbocycles. The molecular weight excluding hydrogens is 358 g/mol. The van der Waals surface area contributed by atoms with E-state index in [-0.39, 0.29) is 23.8 Å². The minimum Gasteiger partial charge on any atom is -0.339 e. The van der Waals surface area contributed by atoms with Gasteiger partial charge in [-0.05, 0) is 37.1 Å². The maximum absolute atomic E-state index is 12.9. The van der Waals surface area contributed by atoms with Crippen molar-refractivity contribution in [1.82, 2.24) is 14.8 Å². The Morgan fingerprint density at radius 2 is 1.89 bits per heavy atom. The number of fused-ring (bicyclic) bond motifs is 4. The topological polar surface area (TPSA) is 53.5 Å². The number of amides is 2. The fourth-order valence-corrected chi connectivity index (χ4v) is 4.69. The second-order valence-corrected chi connectivity index (χ2v) is 8.16. The molecule has 3 saturated heterocycles. The average Bonchev–Trinajstić information content (AvgIpc) is 3.00. The van der Waals surface area contributed by atoms with Crippen LogP contribution in [-0.4, -0.2) is 51.5 Å². The van der Waals surface area contributed by atoms with Crippen molar-refractivity contribution in [3.05, 3.63) is 60.4 Å². The summed E-state index contributed by atoms with van der Waals surface area (Å²) in [7, 11) is 0. The predicted octanol–water partition coefficient (Wildman–Crippen LogP) is 2.82. The Hall–Kier alpha value is -2.34. The Labute approximate surface area is 163 Å². The van der Waals surface area contributed by atoms with Crippen molar-refractivity contribution in [2.75, 3.05) is 18.8 Å².